The SMILES string of the molecule is CCOC(=O)CSc1cc(C)nc(C)c1C#N. The van der Waals surface area contributed by atoms with E-state index in [0.717, 1.165) is 10.6 Å². The summed E-state index contributed by atoms with van der Waals surface area (Å²) in [6, 6.07) is 3.93. The van der Waals surface area contributed by atoms with Gasteiger partial charge in [0.1, 0.15) is 6.07 Å². The number of hydrogen-bond donors (Lipinski definition) is 0. The smallest absolute Gasteiger partial charge is 0.316 e. The minimum Gasteiger partial charge on any atom is -0.465 e. The minimum atomic E-state index is -0.270. The molecule has 0 aliphatic heterocycles. The van der Waals surface area contributed by atoms with E-state index in [4.69, 9.17) is 10.00 Å². The van der Waals surface area contributed by atoms with Gasteiger partial charge in [-0.15, -0.1) is 11.8 Å². The zero-order valence-electron chi connectivity index (χ0n) is 10.1. The number of pyridine rings is 1. The van der Waals surface area contributed by atoms with Crippen LogP contribution in [0.5, 0.6) is 0 Å². The Kier molecular flexibility index (Phi) is 4.98. The van der Waals surface area contributed by atoms with Crippen LogP contribution in [0.2, 0.25) is 0 Å². The third kappa shape index (κ3) is 3.75. The molecule has 0 atom stereocenters. The molecule has 0 radical (unpaired) electrons. The van der Waals surface area contributed by atoms with Crippen LogP contribution >= 0.6 is 11.8 Å². The van der Waals surface area contributed by atoms with Crippen molar-refractivity contribution in [2.24, 2.45) is 0 Å². The van der Waals surface area contributed by atoms with E-state index >= 15 is 0 Å². The van der Waals surface area contributed by atoms with Crippen LogP contribution in [0.3, 0.4) is 0 Å². The van der Waals surface area contributed by atoms with Crippen molar-refractivity contribution in [1.82, 2.24) is 4.98 Å². The Hall–Kier alpha value is -1.54. The average molecular weight is 250 g/mol. The summed E-state index contributed by atoms with van der Waals surface area (Å²) in [6.07, 6.45) is 0. The number of hydrogen-bond acceptors (Lipinski definition) is 5. The zero-order valence-corrected chi connectivity index (χ0v) is 10.9. The van der Waals surface area contributed by atoms with Gasteiger partial charge in [0.05, 0.1) is 23.6 Å². The van der Waals surface area contributed by atoms with E-state index in [1.165, 1.54) is 11.8 Å². The molecule has 1 rings (SSSR count). The number of thioether (sulfide) groups is 1. The highest BCUT2D eigenvalue weighted by atomic mass is 32.2. The molecule has 90 valence electrons. The van der Waals surface area contributed by atoms with E-state index in [1.54, 1.807) is 13.8 Å². The number of carbonyl (C=O) groups is 1. The number of rotatable bonds is 4. The van der Waals surface area contributed by atoms with Crippen molar-refractivity contribution in [3.8, 4) is 6.07 Å². The maximum absolute atomic E-state index is 11.2. The summed E-state index contributed by atoms with van der Waals surface area (Å²) in [5, 5.41) is 9.04. The highest BCUT2D eigenvalue weighted by Crippen LogP contribution is 2.24. The first-order valence-corrected chi connectivity index (χ1v) is 6.23. The molecule has 17 heavy (non-hydrogen) atoms. The number of carbonyl (C=O) groups excluding carboxylic acids is 1. The molecular weight excluding hydrogens is 236 g/mol. The summed E-state index contributed by atoms with van der Waals surface area (Å²) in [7, 11) is 0. The molecule has 4 nitrogen and oxygen atoms in total. The number of nitrogens with zero attached hydrogens (tertiary/aromatic N) is 2. The van der Waals surface area contributed by atoms with Crippen molar-refractivity contribution in [1.29, 1.82) is 5.26 Å². The summed E-state index contributed by atoms with van der Waals surface area (Å²) in [4.78, 5) is 16.2. The minimum absolute atomic E-state index is 0.214. The molecule has 5 heteroatoms. The van der Waals surface area contributed by atoms with Gasteiger partial charge in [-0.25, -0.2) is 0 Å². The van der Waals surface area contributed by atoms with Crippen molar-refractivity contribution >= 4 is 17.7 Å². The van der Waals surface area contributed by atoms with E-state index < -0.39 is 0 Å². The number of ether oxygens (including phenoxy) is 1. The molecule has 0 saturated heterocycles. The van der Waals surface area contributed by atoms with Crippen LogP contribution in [0.25, 0.3) is 0 Å². The number of aromatic nitrogens is 1. The first-order chi connectivity index (χ1) is 8.08. The number of esters is 1. The van der Waals surface area contributed by atoms with E-state index in [9.17, 15) is 4.79 Å². The molecule has 0 unspecified atom stereocenters. The highest BCUT2D eigenvalue weighted by molar-refractivity contribution is 8.00. The topological polar surface area (TPSA) is 63.0 Å². The van der Waals surface area contributed by atoms with Crippen molar-refractivity contribution < 1.29 is 9.53 Å². The second kappa shape index (κ2) is 6.26. The van der Waals surface area contributed by atoms with Crippen LogP contribution in [-0.4, -0.2) is 23.3 Å². The molecule has 0 fully saturated rings. The fraction of sp³-hybridized carbons (Fsp3) is 0.417. The normalized spacial score (nSPS) is 9.76. The van der Waals surface area contributed by atoms with Gasteiger partial charge in [0.25, 0.3) is 0 Å². The van der Waals surface area contributed by atoms with Crippen molar-refractivity contribution in [3.05, 3.63) is 23.0 Å². The molecule has 0 aromatic carbocycles. The number of aryl methyl sites for hydroxylation is 2. The molecule has 0 spiro atoms. The molecule has 0 aliphatic carbocycles. The van der Waals surface area contributed by atoms with Crippen LogP contribution in [0.4, 0.5) is 0 Å². The molecule has 1 aromatic rings. The van der Waals surface area contributed by atoms with Gasteiger partial charge in [-0.05, 0) is 26.8 Å². The summed E-state index contributed by atoms with van der Waals surface area (Å²) in [5.41, 5.74) is 2.07. The lowest BCUT2D eigenvalue weighted by atomic mass is 10.2. The second-order valence-electron chi connectivity index (χ2n) is 3.43. The van der Waals surface area contributed by atoms with Crippen LogP contribution in [0.15, 0.2) is 11.0 Å². The van der Waals surface area contributed by atoms with Crippen LogP contribution in [0, 0.1) is 25.2 Å². The number of nitriles is 1. The molecule has 0 N–H and O–H groups in total. The predicted octanol–water partition coefficient (Wildman–Crippen LogP) is 2.23. The lowest BCUT2D eigenvalue weighted by Gasteiger charge is -2.07. The first-order valence-electron chi connectivity index (χ1n) is 5.25. The monoisotopic (exact) mass is 250 g/mol. The van der Waals surface area contributed by atoms with E-state index in [0.29, 0.717) is 17.9 Å². The molecule has 0 saturated carbocycles. The van der Waals surface area contributed by atoms with Gasteiger partial charge in [0, 0.05) is 10.6 Å². The summed E-state index contributed by atoms with van der Waals surface area (Å²) in [6.45, 7) is 5.80. The van der Waals surface area contributed by atoms with Crippen LogP contribution < -0.4 is 0 Å². The molecule has 0 bridgehead atoms. The summed E-state index contributed by atoms with van der Waals surface area (Å²) in [5.74, 6) is -0.0562. The second-order valence-corrected chi connectivity index (χ2v) is 4.44. The van der Waals surface area contributed by atoms with Crippen molar-refractivity contribution in [2.45, 2.75) is 25.7 Å². The lowest BCUT2D eigenvalue weighted by Crippen LogP contribution is -2.07. The predicted molar refractivity (Wildman–Crippen MR) is 65.8 cm³/mol. The Labute approximate surface area is 105 Å². The van der Waals surface area contributed by atoms with Gasteiger partial charge in [-0.3, -0.25) is 9.78 Å². The fourth-order valence-electron chi connectivity index (χ4n) is 1.38. The molecular formula is C12H14N2O2S. The lowest BCUT2D eigenvalue weighted by molar-refractivity contribution is -0.139. The maximum atomic E-state index is 11.2. The Morgan fingerprint density at radius 2 is 2.29 bits per heavy atom. The van der Waals surface area contributed by atoms with Gasteiger partial charge in [0.15, 0.2) is 0 Å². The van der Waals surface area contributed by atoms with Crippen LogP contribution in [-0.2, 0) is 9.53 Å². The van der Waals surface area contributed by atoms with E-state index in [1.807, 2.05) is 13.0 Å². The van der Waals surface area contributed by atoms with Gasteiger partial charge in [0.2, 0.25) is 0 Å². The maximum Gasteiger partial charge on any atom is 0.316 e. The standard InChI is InChI=1S/C12H14N2O2S/c1-4-16-12(15)7-17-11-5-8(2)14-9(3)10(11)6-13/h5H,4,7H2,1-3H3. The third-order valence-electron chi connectivity index (χ3n) is 2.05. The molecule has 0 amide bonds. The Bertz CT molecular complexity index is 466. The van der Waals surface area contributed by atoms with Gasteiger partial charge < -0.3 is 4.74 Å². The fourth-order valence-corrected chi connectivity index (χ4v) is 2.33. The molecule has 1 aromatic heterocycles. The Morgan fingerprint density at radius 1 is 1.59 bits per heavy atom. The van der Waals surface area contributed by atoms with Gasteiger partial charge >= 0.3 is 5.97 Å². The average Bonchev–Trinajstić information content (AvgIpc) is 2.26. The Morgan fingerprint density at radius 3 is 2.88 bits per heavy atom. The molecule has 0 aliphatic rings. The quantitative estimate of drug-likeness (QED) is 0.605. The highest BCUT2D eigenvalue weighted by Gasteiger charge is 2.11. The van der Waals surface area contributed by atoms with Crippen molar-refractivity contribution in [2.75, 3.05) is 12.4 Å². The summed E-state index contributed by atoms with van der Waals surface area (Å²) < 4.78 is 4.84. The van der Waals surface area contributed by atoms with Gasteiger partial charge in [-0.1, -0.05) is 0 Å². The van der Waals surface area contributed by atoms with Crippen molar-refractivity contribution in [3.63, 3.8) is 0 Å². The zero-order chi connectivity index (χ0) is 12.8. The summed E-state index contributed by atoms with van der Waals surface area (Å²) >= 11 is 1.31. The van der Waals surface area contributed by atoms with E-state index in [2.05, 4.69) is 11.1 Å². The Balaban J connectivity index is 2.84. The third-order valence-corrected chi connectivity index (χ3v) is 3.07. The first kappa shape index (κ1) is 13.5. The molecule has 1 heterocycles. The largest absolute Gasteiger partial charge is 0.465 e. The van der Waals surface area contributed by atoms with E-state index in [-0.39, 0.29) is 11.7 Å². The van der Waals surface area contributed by atoms with Crippen LogP contribution in [0.1, 0.15) is 23.9 Å². The van der Waals surface area contributed by atoms with Gasteiger partial charge in [-0.2, -0.15) is 5.26 Å².